The summed E-state index contributed by atoms with van der Waals surface area (Å²) < 4.78 is 26.9. The molecule has 0 spiro atoms. The van der Waals surface area contributed by atoms with Crippen LogP contribution >= 0.6 is 22.9 Å². The van der Waals surface area contributed by atoms with E-state index in [0.717, 1.165) is 24.3 Å². The van der Waals surface area contributed by atoms with Crippen molar-refractivity contribution in [1.82, 2.24) is 10.0 Å². The van der Waals surface area contributed by atoms with Gasteiger partial charge in [-0.1, -0.05) is 11.6 Å². The first kappa shape index (κ1) is 13.3. The molecule has 17 heavy (non-hydrogen) atoms. The highest BCUT2D eigenvalue weighted by Crippen LogP contribution is 2.25. The molecule has 4 nitrogen and oxygen atoms in total. The second-order valence-electron chi connectivity index (χ2n) is 4.04. The fourth-order valence-corrected chi connectivity index (χ4v) is 4.00. The average molecular weight is 295 g/mol. The van der Waals surface area contributed by atoms with Gasteiger partial charge in [0.1, 0.15) is 4.21 Å². The third kappa shape index (κ3) is 4.22. The first-order valence-corrected chi connectivity index (χ1v) is 8.24. The lowest BCUT2D eigenvalue weighted by Crippen LogP contribution is -2.27. The topological polar surface area (TPSA) is 58.2 Å². The Kier molecular flexibility index (Phi) is 4.43. The Labute approximate surface area is 110 Å². The van der Waals surface area contributed by atoms with Crippen LogP contribution in [0.1, 0.15) is 19.3 Å². The number of hydrogen-bond acceptors (Lipinski definition) is 4. The molecule has 2 N–H and O–H groups in total. The summed E-state index contributed by atoms with van der Waals surface area (Å²) >= 11 is 6.78. The maximum atomic E-state index is 11.8. The van der Waals surface area contributed by atoms with Gasteiger partial charge in [0, 0.05) is 12.6 Å². The smallest absolute Gasteiger partial charge is 0.250 e. The molecule has 0 atom stereocenters. The van der Waals surface area contributed by atoms with E-state index in [2.05, 4.69) is 10.0 Å². The molecule has 1 aliphatic rings. The predicted octanol–water partition coefficient (Wildman–Crippen LogP) is 1.82. The van der Waals surface area contributed by atoms with Gasteiger partial charge in [-0.05, 0) is 37.9 Å². The quantitative estimate of drug-likeness (QED) is 0.754. The van der Waals surface area contributed by atoms with Crippen LogP contribution in [0.2, 0.25) is 4.34 Å². The number of nitrogens with one attached hydrogen (secondary N) is 2. The highest BCUT2D eigenvalue weighted by molar-refractivity contribution is 7.91. The van der Waals surface area contributed by atoms with Crippen LogP contribution in [0.4, 0.5) is 0 Å². The summed E-state index contributed by atoms with van der Waals surface area (Å²) in [7, 11) is -3.37. The van der Waals surface area contributed by atoms with E-state index in [9.17, 15) is 8.42 Å². The van der Waals surface area contributed by atoms with Crippen molar-refractivity contribution in [2.24, 2.45) is 0 Å². The minimum Gasteiger partial charge on any atom is -0.314 e. The van der Waals surface area contributed by atoms with E-state index in [1.54, 1.807) is 6.07 Å². The Morgan fingerprint density at radius 3 is 2.71 bits per heavy atom. The summed E-state index contributed by atoms with van der Waals surface area (Å²) in [5.74, 6) is 0. The molecule has 96 valence electrons. The molecule has 1 saturated carbocycles. The van der Waals surface area contributed by atoms with Gasteiger partial charge in [0.15, 0.2) is 0 Å². The highest BCUT2D eigenvalue weighted by atomic mass is 35.5. The van der Waals surface area contributed by atoms with E-state index in [1.165, 1.54) is 18.9 Å². The predicted molar refractivity (Wildman–Crippen MR) is 70.2 cm³/mol. The zero-order valence-electron chi connectivity index (χ0n) is 9.28. The summed E-state index contributed by atoms with van der Waals surface area (Å²) in [6, 6.07) is 3.79. The lowest BCUT2D eigenvalue weighted by molar-refractivity contribution is 0.575. The van der Waals surface area contributed by atoms with Crippen LogP contribution in [0.5, 0.6) is 0 Å². The molecule has 0 saturated heterocycles. The van der Waals surface area contributed by atoms with Crippen LogP contribution in [0.25, 0.3) is 0 Å². The number of rotatable bonds is 7. The Balaban J connectivity index is 1.73. The normalized spacial score (nSPS) is 16.3. The molecular formula is C10H15ClN2O2S2. The van der Waals surface area contributed by atoms with E-state index < -0.39 is 10.0 Å². The zero-order valence-corrected chi connectivity index (χ0v) is 11.7. The zero-order chi connectivity index (χ0) is 12.3. The molecule has 0 unspecified atom stereocenters. The third-order valence-electron chi connectivity index (χ3n) is 2.47. The van der Waals surface area contributed by atoms with Crippen LogP contribution in [0.15, 0.2) is 16.3 Å². The van der Waals surface area contributed by atoms with Gasteiger partial charge in [0.25, 0.3) is 0 Å². The summed E-state index contributed by atoms with van der Waals surface area (Å²) in [6.07, 6.45) is 3.30. The lowest BCUT2D eigenvalue weighted by atomic mass is 10.4. The van der Waals surface area contributed by atoms with Gasteiger partial charge in [0.2, 0.25) is 10.0 Å². The van der Waals surface area contributed by atoms with Crippen LogP contribution in [-0.2, 0) is 10.0 Å². The van der Waals surface area contributed by atoms with Gasteiger partial charge in [-0.15, -0.1) is 11.3 Å². The Morgan fingerprint density at radius 2 is 2.12 bits per heavy atom. The molecule has 0 radical (unpaired) electrons. The van der Waals surface area contributed by atoms with E-state index >= 15 is 0 Å². The molecule has 0 bridgehead atoms. The van der Waals surface area contributed by atoms with Gasteiger partial charge >= 0.3 is 0 Å². The molecule has 7 heteroatoms. The van der Waals surface area contributed by atoms with Gasteiger partial charge < -0.3 is 5.32 Å². The van der Waals surface area contributed by atoms with Crippen molar-refractivity contribution < 1.29 is 8.42 Å². The van der Waals surface area contributed by atoms with Gasteiger partial charge in [-0.25, -0.2) is 13.1 Å². The van der Waals surface area contributed by atoms with E-state index in [4.69, 9.17) is 11.6 Å². The fourth-order valence-electron chi connectivity index (χ4n) is 1.40. The summed E-state index contributed by atoms with van der Waals surface area (Å²) in [6.45, 7) is 1.32. The summed E-state index contributed by atoms with van der Waals surface area (Å²) in [5.41, 5.74) is 0. The first-order chi connectivity index (χ1) is 8.08. The molecule has 0 amide bonds. The molecule has 0 aromatic carbocycles. The molecule has 1 aromatic heterocycles. The number of halogens is 1. The minimum atomic E-state index is -3.37. The lowest BCUT2D eigenvalue weighted by Gasteiger charge is -2.05. The standard InChI is InChI=1S/C10H15ClN2O2S2/c11-9-4-5-10(16-9)17(14,15)13-7-1-6-12-8-2-3-8/h4-5,8,12-13H,1-3,6-7H2. The van der Waals surface area contributed by atoms with E-state index in [-0.39, 0.29) is 4.21 Å². The van der Waals surface area contributed by atoms with Gasteiger partial charge in [-0.3, -0.25) is 0 Å². The van der Waals surface area contributed by atoms with Crippen LogP contribution in [0, 0.1) is 0 Å². The third-order valence-corrected chi connectivity index (χ3v) is 5.65. The SMILES string of the molecule is O=S(=O)(NCCCNC1CC1)c1ccc(Cl)s1. The monoisotopic (exact) mass is 294 g/mol. The fraction of sp³-hybridized carbons (Fsp3) is 0.600. The highest BCUT2D eigenvalue weighted by Gasteiger charge is 2.20. The molecule has 0 aliphatic heterocycles. The second-order valence-corrected chi connectivity index (χ2v) is 7.75. The van der Waals surface area contributed by atoms with Crippen LogP contribution in [0.3, 0.4) is 0 Å². The molecule has 1 aliphatic carbocycles. The van der Waals surface area contributed by atoms with Crippen molar-refractivity contribution in [1.29, 1.82) is 0 Å². The average Bonchev–Trinajstić information content (AvgIpc) is 2.98. The molecular weight excluding hydrogens is 280 g/mol. The van der Waals surface area contributed by atoms with Crippen molar-refractivity contribution >= 4 is 33.0 Å². The molecule has 1 heterocycles. The van der Waals surface area contributed by atoms with Crippen molar-refractivity contribution in [3.63, 3.8) is 0 Å². The van der Waals surface area contributed by atoms with Crippen molar-refractivity contribution in [3.8, 4) is 0 Å². The largest absolute Gasteiger partial charge is 0.314 e. The Morgan fingerprint density at radius 1 is 1.35 bits per heavy atom. The van der Waals surface area contributed by atoms with Crippen LogP contribution < -0.4 is 10.0 Å². The maximum Gasteiger partial charge on any atom is 0.250 e. The van der Waals surface area contributed by atoms with Gasteiger partial charge in [0.05, 0.1) is 4.34 Å². The number of hydrogen-bond donors (Lipinski definition) is 2. The minimum absolute atomic E-state index is 0.276. The van der Waals surface area contributed by atoms with Crippen molar-refractivity contribution in [2.75, 3.05) is 13.1 Å². The number of sulfonamides is 1. The van der Waals surface area contributed by atoms with Crippen molar-refractivity contribution in [2.45, 2.75) is 29.5 Å². The Bertz CT molecular complexity index is 468. The van der Waals surface area contributed by atoms with Crippen molar-refractivity contribution in [3.05, 3.63) is 16.5 Å². The molecule has 1 aromatic rings. The van der Waals surface area contributed by atoms with E-state index in [0.29, 0.717) is 16.9 Å². The van der Waals surface area contributed by atoms with Gasteiger partial charge in [-0.2, -0.15) is 0 Å². The maximum absolute atomic E-state index is 11.8. The Hall–Kier alpha value is -0.140. The molecule has 2 rings (SSSR count). The second kappa shape index (κ2) is 5.67. The van der Waals surface area contributed by atoms with E-state index in [1.807, 2.05) is 0 Å². The summed E-state index contributed by atoms with van der Waals surface area (Å²) in [5, 5.41) is 3.33. The first-order valence-electron chi connectivity index (χ1n) is 5.56. The van der Waals surface area contributed by atoms with Crippen LogP contribution in [-0.4, -0.2) is 27.5 Å². The number of thiophene rings is 1. The molecule has 1 fully saturated rings. The summed E-state index contributed by atoms with van der Waals surface area (Å²) in [4.78, 5) is 0.